The van der Waals surface area contributed by atoms with Crippen LogP contribution in [-0.2, 0) is 9.84 Å². The van der Waals surface area contributed by atoms with Crippen LogP contribution in [0.25, 0.3) is 0 Å². The Morgan fingerprint density at radius 3 is 2.36 bits per heavy atom. The Bertz CT molecular complexity index is 1110. The highest BCUT2D eigenvalue weighted by atomic mass is 35.5. The van der Waals surface area contributed by atoms with Crippen LogP contribution in [0.1, 0.15) is 9.67 Å². The molecule has 0 aliphatic carbocycles. The van der Waals surface area contributed by atoms with E-state index in [-0.39, 0.29) is 14.0 Å². The summed E-state index contributed by atoms with van der Waals surface area (Å²) in [6, 6.07) is 13.7. The molecule has 0 atom stereocenters. The van der Waals surface area contributed by atoms with Gasteiger partial charge in [0.15, 0.2) is 0 Å². The average molecular weight is 438 g/mol. The van der Waals surface area contributed by atoms with Crippen molar-refractivity contribution in [3.8, 4) is 11.5 Å². The molecular formula is C19H16ClNO5S2. The van der Waals surface area contributed by atoms with Gasteiger partial charge in [0.1, 0.15) is 15.7 Å². The maximum atomic E-state index is 12.7. The third kappa shape index (κ3) is 4.14. The lowest BCUT2D eigenvalue weighted by molar-refractivity contribution is 0.103. The van der Waals surface area contributed by atoms with Gasteiger partial charge in [-0.3, -0.25) is 4.79 Å². The summed E-state index contributed by atoms with van der Waals surface area (Å²) in [6.07, 6.45) is 0. The van der Waals surface area contributed by atoms with Gasteiger partial charge in [0.25, 0.3) is 5.91 Å². The maximum Gasteiger partial charge on any atom is 0.265 e. The van der Waals surface area contributed by atoms with Gasteiger partial charge < -0.3 is 14.8 Å². The fourth-order valence-corrected chi connectivity index (χ4v) is 5.13. The average Bonchev–Trinajstić information content (AvgIpc) is 3.20. The Balaban J connectivity index is 1.84. The van der Waals surface area contributed by atoms with Crippen LogP contribution in [0.5, 0.6) is 11.5 Å². The van der Waals surface area contributed by atoms with Crippen molar-refractivity contribution in [2.24, 2.45) is 0 Å². The maximum absolute atomic E-state index is 12.7. The molecule has 0 saturated heterocycles. The second-order valence-electron chi connectivity index (χ2n) is 5.60. The summed E-state index contributed by atoms with van der Waals surface area (Å²) in [5, 5.41) is 3.16. The molecule has 9 heteroatoms. The first kappa shape index (κ1) is 20.2. The molecule has 1 heterocycles. The highest BCUT2D eigenvalue weighted by molar-refractivity contribution is 7.93. The molecule has 1 aromatic heterocycles. The fourth-order valence-electron chi connectivity index (χ4n) is 2.40. The van der Waals surface area contributed by atoms with Gasteiger partial charge in [-0.15, -0.1) is 11.3 Å². The van der Waals surface area contributed by atoms with Crippen LogP contribution in [0.3, 0.4) is 0 Å². The second-order valence-corrected chi connectivity index (χ2v) is 9.29. The third-order valence-electron chi connectivity index (χ3n) is 3.85. The molecule has 0 saturated carbocycles. The monoisotopic (exact) mass is 437 g/mol. The molecule has 0 fully saturated rings. The van der Waals surface area contributed by atoms with Crippen molar-refractivity contribution in [1.82, 2.24) is 0 Å². The van der Waals surface area contributed by atoms with Gasteiger partial charge in [-0.05, 0) is 48.5 Å². The molecule has 0 unspecified atom stereocenters. The van der Waals surface area contributed by atoms with Crippen LogP contribution >= 0.6 is 22.9 Å². The van der Waals surface area contributed by atoms with E-state index in [0.29, 0.717) is 22.2 Å². The predicted molar refractivity (Wildman–Crippen MR) is 109 cm³/mol. The first-order valence-corrected chi connectivity index (χ1v) is 10.7. The molecule has 2 aromatic carbocycles. The number of amides is 1. The summed E-state index contributed by atoms with van der Waals surface area (Å²) in [5.41, 5.74) is 0.448. The van der Waals surface area contributed by atoms with Crippen molar-refractivity contribution in [3.63, 3.8) is 0 Å². The van der Waals surface area contributed by atoms with Crippen LogP contribution in [0, 0.1) is 0 Å². The minimum atomic E-state index is -3.72. The van der Waals surface area contributed by atoms with E-state index in [1.807, 2.05) is 0 Å². The summed E-state index contributed by atoms with van der Waals surface area (Å²) in [6.45, 7) is 0. The van der Waals surface area contributed by atoms with Crippen molar-refractivity contribution in [2.75, 3.05) is 19.5 Å². The lowest BCUT2D eigenvalue weighted by Gasteiger charge is -2.11. The standard InChI is InChI=1S/C19H16ClNO5S2/c1-25-13-5-8-15(16(11-13)26-2)21-19(22)17-9-10-18(27-17)28(23,24)14-6-3-12(20)4-7-14/h3-11H,1-2H3,(H,21,22). The van der Waals surface area contributed by atoms with E-state index in [0.717, 1.165) is 11.3 Å². The Hall–Kier alpha value is -2.55. The van der Waals surface area contributed by atoms with E-state index in [1.165, 1.54) is 50.6 Å². The van der Waals surface area contributed by atoms with E-state index < -0.39 is 15.7 Å². The van der Waals surface area contributed by atoms with Crippen molar-refractivity contribution >= 4 is 44.4 Å². The number of sulfone groups is 1. The number of hydrogen-bond acceptors (Lipinski definition) is 6. The van der Waals surface area contributed by atoms with Crippen molar-refractivity contribution in [3.05, 3.63) is 64.5 Å². The zero-order valence-electron chi connectivity index (χ0n) is 14.9. The van der Waals surface area contributed by atoms with Crippen molar-refractivity contribution < 1.29 is 22.7 Å². The number of hydrogen-bond donors (Lipinski definition) is 1. The van der Waals surface area contributed by atoms with E-state index in [2.05, 4.69) is 5.32 Å². The van der Waals surface area contributed by atoms with Gasteiger partial charge in [0.05, 0.1) is 29.7 Å². The molecule has 28 heavy (non-hydrogen) atoms. The van der Waals surface area contributed by atoms with E-state index >= 15 is 0 Å². The predicted octanol–water partition coefficient (Wildman–Crippen LogP) is 4.50. The topological polar surface area (TPSA) is 81.7 Å². The van der Waals surface area contributed by atoms with Gasteiger partial charge in [0, 0.05) is 11.1 Å². The minimum Gasteiger partial charge on any atom is -0.497 e. The van der Waals surface area contributed by atoms with Crippen LogP contribution in [0.4, 0.5) is 5.69 Å². The van der Waals surface area contributed by atoms with Crippen LogP contribution < -0.4 is 14.8 Å². The summed E-state index contributed by atoms with van der Waals surface area (Å²) in [7, 11) is -0.717. The summed E-state index contributed by atoms with van der Waals surface area (Å²) in [4.78, 5) is 12.9. The summed E-state index contributed by atoms with van der Waals surface area (Å²) >= 11 is 6.70. The molecule has 0 aliphatic rings. The molecule has 0 radical (unpaired) electrons. The van der Waals surface area contributed by atoms with Crippen LogP contribution in [0.15, 0.2) is 63.7 Å². The molecule has 1 N–H and O–H groups in total. The number of halogens is 1. The molecule has 0 aliphatic heterocycles. The number of carbonyl (C=O) groups is 1. The number of benzene rings is 2. The van der Waals surface area contributed by atoms with Crippen molar-refractivity contribution in [2.45, 2.75) is 9.10 Å². The lowest BCUT2D eigenvalue weighted by Crippen LogP contribution is -2.11. The number of thiophene rings is 1. The van der Waals surface area contributed by atoms with E-state index in [1.54, 1.807) is 18.2 Å². The Kier molecular flexibility index (Phi) is 5.93. The zero-order valence-corrected chi connectivity index (χ0v) is 17.3. The molecule has 0 spiro atoms. The summed E-state index contributed by atoms with van der Waals surface area (Å²) < 4.78 is 35.9. The molecule has 0 bridgehead atoms. The first-order chi connectivity index (χ1) is 13.3. The molecule has 3 rings (SSSR count). The number of carbonyl (C=O) groups excluding carboxylic acids is 1. The Labute approximate surface area is 171 Å². The highest BCUT2D eigenvalue weighted by Crippen LogP contribution is 2.32. The van der Waals surface area contributed by atoms with Gasteiger partial charge in [-0.25, -0.2) is 8.42 Å². The first-order valence-electron chi connectivity index (χ1n) is 7.99. The van der Waals surface area contributed by atoms with Crippen LogP contribution in [-0.4, -0.2) is 28.5 Å². The molecule has 6 nitrogen and oxygen atoms in total. The minimum absolute atomic E-state index is 0.0710. The van der Waals surface area contributed by atoms with Gasteiger partial charge in [0.2, 0.25) is 9.84 Å². The number of ether oxygens (including phenoxy) is 2. The third-order valence-corrected chi connectivity index (χ3v) is 7.45. The normalized spacial score (nSPS) is 11.1. The largest absolute Gasteiger partial charge is 0.497 e. The Morgan fingerprint density at radius 2 is 1.71 bits per heavy atom. The smallest absolute Gasteiger partial charge is 0.265 e. The number of nitrogens with one attached hydrogen (secondary N) is 1. The molecule has 146 valence electrons. The highest BCUT2D eigenvalue weighted by Gasteiger charge is 2.22. The van der Waals surface area contributed by atoms with Gasteiger partial charge in [-0.1, -0.05) is 11.6 Å². The molecule has 1 amide bonds. The van der Waals surface area contributed by atoms with E-state index in [9.17, 15) is 13.2 Å². The fraction of sp³-hybridized carbons (Fsp3) is 0.105. The van der Waals surface area contributed by atoms with Crippen molar-refractivity contribution in [1.29, 1.82) is 0 Å². The lowest BCUT2D eigenvalue weighted by atomic mass is 10.2. The number of anilines is 1. The number of rotatable bonds is 6. The molecule has 3 aromatic rings. The van der Waals surface area contributed by atoms with Gasteiger partial charge >= 0.3 is 0 Å². The van der Waals surface area contributed by atoms with Crippen LogP contribution in [0.2, 0.25) is 5.02 Å². The van der Waals surface area contributed by atoms with E-state index in [4.69, 9.17) is 21.1 Å². The second kappa shape index (κ2) is 8.22. The van der Waals surface area contributed by atoms with Gasteiger partial charge in [-0.2, -0.15) is 0 Å². The summed E-state index contributed by atoms with van der Waals surface area (Å²) in [5.74, 6) is 0.576. The number of methoxy groups -OCH3 is 2. The zero-order chi connectivity index (χ0) is 20.3. The Morgan fingerprint density at radius 1 is 1.00 bits per heavy atom. The SMILES string of the molecule is COc1ccc(NC(=O)c2ccc(S(=O)(=O)c3ccc(Cl)cc3)s2)c(OC)c1. The quantitative estimate of drug-likeness (QED) is 0.613. The molecular weight excluding hydrogens is 422 g/mol.